The molecule has 1 unspecified atom stereocenters. The van der Waals surface area contributed by atoms with E-state index in [-0.39, 0.29) is 0 Å². The fourth-order valence-electron chi connectivity index (χ4n) is 2.41. The van der Waals surface area contributed by atoms with E-state index >= 15 is 0 Å². The summed E-state index contributed by atoms with van der Waals surface area (Å²) in [4.78, 5) is 0. The highest BCUT2D eigenvalue weighted by molar-refractivity contribution is 4.83. The molecule has 0 spiro atoms. The maximum absolute atomic E-state index is 3.49. The van der Waals surface area contributed by atoms with Gasteiger partial charge in [0, 0.05) is 6.04 Å². The van der Waals surface area contributed by atoms with Crippen molar-refractivity contribution in [2.24, 2.45) is 11.3 Å². The molecular formula is C13H29N. The second-order valence-electron chi connectivity index (χ2n) is 5.45. The minimum Gasteiger partial charge on any atom is -0.317 e. The Labute approximate surface area is 90.7 Å². The summed E-state index contributed by atoms with van der Waals surface area (Å²) in [5.41, 5.74) is 0.429. The predicted molar refractivity (Wildman–Crippen MR) is 65.6 cm³/mol. The lowest BCUT2D eigenvalue weighted by Crippen LogP contribution is -2.40. The van der Waals surface area contributed by atoms with Crippen molar-refractivity contribution in [2.75, 3.05) is 7.05 Å². The monoisotopic (exact) mass is 199 g/mol. The summed E-state index contributed by atoms with van der Waals surface area (Å²) < 4.78 is 0. The van der Waals surface area contributed by atoms with Gasteiger partial charge < -0.3 is 5.32 Å². The maximum atomic E-state index is 3.49. The van der Waals surface area contributed by atoms with E-state index in [1.54, 1.807) is 0 Å². The first-order valence-electron chi connectivity index (χ1n) is 6.14. The quantitative estimate of drug-likeness (QED) is 0.685. The number of hydrogen-bond donors (Lipinski definition) is 1. The molecular weight excluding hydrogens is 170 g/mol. The highest BCUT2D eigenvalue weighted by Gasteiger charge is 2.29. The standard InChI is InChI=1S/C13H29N/c1-7-9-11(13(3,4)5)12(14-6)10-8-2/h11-12,14H,7-10H2,1-6H3/t11-,12?/m1/s1. The molecule has 0 fully saturated rings. The Hall–Kier alpha value is -0.0400. The van der Waals surface area contributed by atoms with E-state index in [4.69, 9.17) is 0 Å². The van der Waals surface area contributed by atoms with Gasteiger partial charge in [-0.15, -0.1) is 0 Å². The van der Waals surface area contributed by atoms with E-state index in [9.17, 15) is 0 Å². The molecule has 0 aromatic heterocycles. The second-order valence-corrected chi connectivity index (χ2v) is 5.45. The second kappa shape index (κ2) is 6.44. The van der Waals surface area contributed by atoms with Gasteiger partial charge in [-0.25, -0.2) is 0 Å². The molecule has 0 aromatic rings. The molecule has 0 heterocycles. The molecule has 0 saturated carbocycles. The molecule has 14 heavy (non-hydrogen) atoms. The van der Waals surface area contributed by atoms with Gasteiger partial charge in [-0.1, -0.05) is 47.5 Å². The van der Waals surface area contributed by atoms with Crippen LogP contribution in [0.2, 0.25) is 0 Å². The average molecular weight is 199 g/mol. The van der Waals surface area contributed by atoms with Gasteiger partial charge in [-0.05, 0) is 31.2 Å². The lowest BCUT2D eigenvalue weighted by atomic mass is 9.73. The molecule has 86 valence electrons. The minimum absolute atomic E-state index is 0.429. The van der Waals surface area contributed by atoms with E-state index in [1.807, 2.05) is 0 Å². The molecule has 0 amide bonds. The zero-order chi connectivity index (χ0) is 11.2. The van der Waals surface area contributed by atoms with Crippen molar-refractivity contribution in [3.8, 4) is 0 Å². The van der Waals surface area contributed by atoms with Crippen molar-refractivity contribution in [1.82, 2.24) is 5.32 Å². The van der Waals surface area contributed by atoms with Gasteiger partial charge in [0.2, 0.25) is 0 Å². The topological polar surface area (TPSA) is 12.0 Å². The summed E-state index contributed by atoms with van der Waals surface area (Å²) in [5, 5.41) is 3.49. The van der Waals surface area contributed by atoms with Crippen molar-refractivity contribution >= 4 is 0 Å². The summed E-state index contributed by atoms with van der Waals surface area (Å²) >= 11 is 0. The van der Waals surface area contributed by atoms with Crippen LogP contribution in [0.1, 0.15) is 60.3 Å². The largest absolute Gasteiger partial charge is 0.317 e. The van der Waals surface area contributed by atoms with Gasteiger partial charge >= 0.3 is 0 Å². The van der Waals surface area contributed by atoms with Crippen molar-refractivity contribution in [1.29, 1.82) is 0 Å². The van der Waals surface area contributed by atoms with Crippen molar-refractivity contribution in [3.63, 3.8) is 0 Å². The zero-order valence-corrected chi connectivity index (χ0v) is 11.0. The molecule has 1 N–H and O–H groups in total. The first kappa shape index (κ1) is 14.0. The Kier molecular flexibility index (Phi) is 6.43. The van der Waals surface area contributed by atoms with Gasteiger partial charge in [0.25, 0.3) is 0 Å². The highest BCUT2D eigenvalue weighted by atomic mass is 14.9. The Morgan fingerprint density at radius 3 is 1.79 bits per heavy atom. The summed E-state index contributed by atoms with van der Waals surface area (Å²) in [7, 11) is 2.11. The third kappa shape index (κ3) is 4.45. The van der Waals surface area contributed by atoms with Crippen LogP contribution in [-0.2, 0) is 0 Å². The fraction of sp³-hybridized carbons (Fsp3) is 1.00. The SMILES string of the molecule is CCCC(NC)[C@@H](CCC)C(C)(C)C. The van der Waals surface area contributed by atoms with Gasteiger partial charge in [-0.2, -0.15) is 0 Å². The number of rotatable bonds is 6. The molecule has 0 aliphatic carbocycles. The van der Waals surface area contributed by atoms with Crippen molar-refractivity contribution in [2.45, 2.75) is 66.3 Å². The van der Waals surface area contributed by atoms with Gasteiger partial charge in [0.15, 0.2) is 0 Å². The molecule has 0 radical (unpaired) electrons. The molecule has 0 rings (SSSR count). The zero-order valence-electron chi connectivity index (χ0n) is 11.0. The molecule has 0 aromatic carbocycles. The molecule has 1 nitrogen and oxygen atoms in total. The normalized spacial score (nSPS) is 16.7. The van der Waals surface area contributed by atoms with Gasteiger partial charge in [-0.3, -0.25) is 0 Å². The first-order valence-corrected chi connectivity index (χ1v) is 6.14. The molecule has 1 heteroatoms. The molecule has 0 bridgehead atoms. The summed E-state index contributed by atoms with van der Waals surface area (Å²) in [6.07, 6.45) is 5.22. The first-order chi connectivity index (χ1) is 6.47. The lowest BCUT2D eigenvalue weighted by molar-refractivity contribution is 0.163. The van der Waals surface area contributed by atoms with Crippen LogP contribution in [-0.4, -0.2) is 13.1 Å². The summed E-state index contributed by atoms with van der Waals surface area (Å²) in [6.45, 7) is 11.7. The lowest BCUT2D eigenvalue weighted by Gasteiger charge is -2.37. The van der Waals surface area contributed by atoms with E-state index < -0.39 is 0 Å². The molecule has 0 aliphatic heterocycles. The minimum atomic E-state index is 0.429. The Balaban J connectivity index is 4.43. The van der Waals surface area contributed by atoms with Crippen molar-refractivity contribution in [3.05, 3.63) is 0 Å². The van der Waals surface area contributed by atoms with E-state index in [0.717, 1.165) is 5.92 Å². The van der Waals surface area contributed by atoms with Crippen LogP contribution in [0, 0.1) is 11.3 Å². The van der Waals surface area contributed by atoms with Crippen LogP contribution >= 0.6 is 0 Å². The van der Waals surface area contributed by atoms with Crippen LogP contribution in [0.4, 0.5) is 0 Å². The third-order valence-electron chi connectivity index (χ3n) is 3.17. The number of hydrogen-bond acceptors (Lipinski definition) is 1. The average Bonchev–Trinajstić information content (AvgIpc) is 2.09. The summed E-state index contributed by atoms with van der Waals surface area (Å²) in [5.74, 6) is 0.803. The van der Waals surface area contributed by atoms with E-state index in [2.05, 4.69) is 47.0 Å². The predicted octanol–water partition coefficient (Wildman–Crippen LogP) is 3.84. The van der Waals surface area contributed by atoms with Crippen LogP contribution in [0.5, 0.6) is 0 Å². The van der Waals surface area contributed by atoms with Crippen LogP contribution < -0.4 is 5.32 Å². The molecule has 0 aliphatic rings. The van der Waals surface area contributed by atoms with Crippen LogP contribution in [0.25, 0.3) is 0 Å². The van der Waals surface area contributed by atoms with E-state index in [1.165, 1.54) is 25.7 Å². The molecule has 0 saturated heterocycles. The van der Waals surface area contributed by atoms with Crippen LogP contribution in [0.3, 0.4) is 0 Å². The maximum Gasteiger partial charge on any atom is 0.00972 e. The smallest absolute Gasteiger partial charge is 0.00972 e. The summed E-state index contributed by atoms with van der Waals surface area (Å²) in [6, 6.07) is 0.694. The van der Waals surface area contributed by atoms with Crippen LogP contribution in [0.15, 0.2) is 0 Å². The van der Waals surface area contributed by atoms with Crippen molar-refractivity contribution < 1.29 is 0 Å². The molecule has 2 atom stereocenters. The fourth-order valence-corrected chi connectivity index (χ4v) is 2.41. The van der Waals surface area contributed by atoms with Gasteiger partial charge in [0.1, 0.15) is 0 Å². The third-order valence-corrected chi connectivity index (χ3v) is 3.17. The Morgan fingerprint density at radius 1 is 1.00 bits per heavy atom. The highest BCUT2D eigenvalue weighted by Crippen LogP contribution is 2.33. The Bertz CT molecular complexity index is 135. The van der Waals surface area contributed by atoms with Gasteiger partial charge in [0.05, 0.1) is 0 Å². The van der Waals surface area contributed by atoms with E-state index in [0.29, 0.717) is 11.5 Å². The number of nitrogens with one attached hydrogen (secondary N) is 1. The Morgan fingerprint density at radius 2 is 1.50 bits per heavy atom.